The molecule has 0 atom stereocenters. The lowest BCUT2D eigenvalue weighted by molar-refractivity contribution is 0.0973. The van der Waals surface area contributed by atoms with Gasteiger partial charge < -0.3 is 9.73 Å². The highest BCUT2D eigenvalue weighted by atomic mass is 32.1. The van der Waals surface area contributed by atoms with Gasteiger partial charge >= 0.3 is 5.63 Å². The van der Waals surface area contributed by atoms with E-state index in [-0.39, 0.29) is 16.5 Å². The number of benzene rings is 3. The number of hydrogen-bond acceptors (Lipinski definition) is 7. The largest absolute Gasteiger partial charge is 0.422 e. The Hall–Kier alpha value is -4.47. The van der Waals surface area contributed by atoms with E-state index in [1.807, 2.05) is 36.4 Å². The maximum Gasteiger partial charge on any atom is 0.349 e. The molecule has 0 saturated heterocycles. The van der Waals surface area contributed by atoms with Crippen molar-refractivity contribution in [2.45, 2.75) is 0 Å². The zero-order valence-corrected chi connectivity index (χ0v) is 20.2. The third-order valence-corrected chi connectivity index (χ3v) is 6.42. The van der Waals surface area contributed by atoms with Crippen LogP contribution in [0, 0.1) is 0 Å². The topological polar surface area (TPSA) is 101 Å². The first-order chi connectivity index (χ1) is 17.5. The summed E-state index contributed by atoms with van der Waals surface area (Å²) in [4.78, 5) is 43.3. The molecule has 0 spiro atoms. The SMILES string of the molecule is O=C(c1ccccc1)c1sc(NC(=S)NC(=O)c2cc3ccccc3oc2=O)nc1-c1ccccc1. The summed E-state index contributed by atoms with van der Waals surface area (Å²) in [7, 11) is 0. The maximum absolute atomic E-state index is 13.2. The Kier molecular flexibility index (Phi) is 6.48. The molecule has 0 unspecified atom stereocenters. The average Bonchev–Trinajstić information content (AvgIpc) is 3.32. The number of nitrogens with one attached hydrogen (secondary N) is 2. The fraction of sp³-hybridized carbons (Fsp3) is 0. The Morgan fingerprint density at radius 1 is 0.889 bits per heavy atom. The highest BCUT2D eigenvalue weighted by Gasteiger charge is 2.22. The van der Waals surface area contributed by atoms with E-state index in [1.54, 1.807) is 48.5 Å². The molecule has 7 nitrogen and oxygen atoms in total. The molecule has 2 heterocycles. The van der Waals surface area contributed by atoms with Crippen LogP contribution in [0.5, 0.6) is 0 Å². The Morgan fingerprint density at radius 3 is 2.31 bits per heavy atom. The van der Waals surface area contributed by atoms with Crippen LogP contribution in [-0.2, 0) is 0 Å². The second-order valence-electron chi connectivity index (χ2n) is 7.65. The lowest BCUT2D eigenvalue weighted by Gasteiger charge is -2.07. The number of amides is 1. The first-order valence-corrected chi connectivity index (χ1v) is 12.0. The van der Waals surface area contributed by atoms with Crippen LogP contribution in [0.25, 0.3) is 22.2 Å². The summed E-state index contributed by atoms with van der Waals surface area (Å²) in [6.45, 7) is 0. The van der Waals surface area contributed by atoms with E-state index >= 15 is 0 Å². The van der Waals surface area contributed by atoms with Crippen LogP contribution < -0.4 is 16.3 Å². The van der Waals surface area contributed by atoms with Gasteiger partial charge in [0.1, 0.15) is 16.0 Å². The number of para-hydroxylation sites is 1. The molecular weight excluding hydrogens is 494 g/mol. The van der Waals surface area contributed by atoms with Crippen molar-refractivity contribution in [2.24, 2.45) is 0 Å². The predicted molar refractivity (Wildman–Crippen MR) is 144 cm³/mol. The first-order valence-electron chi connectivity index (χ1n) is 10.8. The minimum absolute atomic E-state index is 0.0698. The van der Waals surface area contributed by atoms with E-state index in [9.17, 15) is 14.4 Å². The number of ketones is 1. The minimum Gasteiger partial charge on any atom is -0.422 e. The third kappa shape index (κ3) is 4.83. The monoisotopic (exact) mass is 511 g/mol. The number of aromatic nitrogens is 1. The van der Waals surface area contributed by atoms with Gasteiger partial charge in [0.25, 0.3) is 5.91 Å². The van der Waals surface area contributed by atoms with Crippen molar-refractivity contribution in [2.75, 3.05) is 5.32 Å². The van der Waals surface area contributed by atoms with Crippen LogP contribution in [0.3, 0.4) is 0 Å². The molecule has 0 radical (unpaired) electrons. The fourth-order valence-electron chi connectivity index (χ4n) is 3.56. The Bertz CT molecular complexity index is 1660. The van der Waals surface area contributed by atoms with Crippen molar-refractivity contribution in [1.29, 1.82) is 0 Å². The minimum atomic E-state index is -0.773. The molecular formula is C27H17N3O4S2. The molecule has 1 amide bonds. The van der Waals surface area contributed by atoms with Gasteiger partial charge in [-0.2, -0.15) is 0 Å². The number of thiocarbonyl (C=S) groups is 1. The number of anilines is 1. The van der Waals surface area contributed by atoms with E-state index in [0.29, 0.717) is 32.2 Å². The van der Waals surface area contributed by atoms with Gasteiger partial charge in [0, 0.05) is 16.5 Å². The lowest BCUT2D eigenvalue weighted by atomic mass is 10.1. The van der Waals surface area contributed by atoms with E-state index < -0.39 is 11.5 Å². The summed E-state index contributed by atoms with van der Waals surface area (Å²) in [5, 5.41) is 6.20. The summed E-state index contributed by atoms with van der Waals surface area (Å²) in [6.07, 6.45) is 0. The van der Waals surface area contributed by atoms with Crippen LogP contribution in [0.2, 0.25) is 0 Å². The first kappa shape index (κ1) is 23.3. The van der Waals surface area contributed by atoms with Crippen molar-refractivity contribution >= 4 is 56.5 Å². The predicted octanol–water partition coefficient (Wildman–Crippen LogP) is 5.27. The summed E-state index contributed by atoms with van der Waals surface area (Å²) < 4.78 is 5.22. The molecule has 176 valence electrons. The second-order valence-corrected chi connectivity index (χ2v) is 9.06. The maximum atomic E-state index is 13.2. The number of rotatable bonds is 5. The van der Waals surface area contributed by atoms with Crippen LogP contribution in [0.1, 0.15) is 25.6 Å². The summed E-state index contributed by atoms with van der Waals surface area (Å²) in [6, 6.07) is 26.6. The molecule has 0 aliphatic heterocycles. The lowest BCUT2D eigenvalue weighted by Crippen LogP contribution is -2.36. The van der Waals surface area contributed by atoms with Crippen molar-refractivity contribution in [3.05, 3.63) is 117 Å². The van der Waals surface area contributed by atoms with Gasteiger partial charge in [0.15, 0.2) is 10.2 Å². The molecule has 9 heteroatoms. The van der Waals surface area contributed by atoms with Gasteiger partial charge in [-0.25, -0.2) is 9.78 Å². The fourth-order valence-corrected chi connectivity index (χ4v) is 4.77. The van der Waals surface area contributed by atoms with Gasteiger partial charge in [0.05, 0.1) is 5.69 Å². The summed E-state index contributed by atoms with van der Waals surface area (Å²) in [5.74, 6) is -0.892. The van der Waals surface area contributed by atoms with E-state index in [0.717, 1.165) is 16.9 Å². The molecule has 2 N–H and O–H groups in total. The van der Waals surface area contributed by atoms with Crippen molar-refractivity contribution in [3.8, 4) is 11.3 Å². The molecule has 36 heavy (non-hydrogen) atoms. The number of nitrogens with zero attached hydrogens (tertiary/aromatic N) is 1. The van der Waals surface area contributed by atoms with E-state index in [1.165, 1.54) is 6.07 Å². The highest BCUT2D eigenvalue weighted by molar-refractivity contribution is 7.80. The van der Waals surface area contributed by atoms with E-state index in [4.69, 9.17) is 16.6 Å². The number of carbonyl (C=O) groups excluding carboxylic acids is 2. The molecule has 0 aliphatic carbocycles. The van der Waals surface area contributed by atoms with Gasteiger partial charge in [0.2, 0.25) is 5.78 Å². The Labute approximate surface area is 214 Å². The van der Waals surface area contributed by atoms with Gasteiger partial charge in [-0.05, 0) is 24.4 Å². The molecule has 0 aliphatic rings. The van der Waals surface area contributed by atoms with Crippen LogP contribution in [-0.4, -0.2) is 21.8 Å². The second kappa shape index (κ2) is 10.0. The highest BCUT2D eigenvalue weighted by Crippen LogP contribution is 2.33. The molecule has 2 aromatic heterocycles. The van der Waals surface area contributed by atoms with Gasteiger partial charge in [-0.1, -0.05) is 90.2 Å². The molecule has 0 fully saturated rings. The van der Waals surface area contributed by atoms with E-state index in [2.05, 4.69) is 15.6 Å². The quantitative estimate of drug-likeness (QED) is 0.188. The van der Waals surface area contributed by atoms with Crippen molar-refractivity contribution in [1.82, 2.24) is 10.3 Å². The number of thiazole rings is 1. The van der Waals surface area contributed by atoms with Gasteiger partial charge in [-0.3, -0.25) is 14.9 Å². The Balaban J connectivity index is 1.40. The normalized spacial score (nSPS) is 10.7. The number of hydrogen-bond donors (Lipinski definition) is 2. The molecule has 0 bridgehead atoms. The van der Waals surface area contributed by atoms with Gasteiger partial charge in [-0.15, -0.1) is 0 Å². The standard InChI is InChI=1S/C27H17N3O4S2/c31-22(17-11-5-2-6-12-17)23-21(16-9-3-1-4-10-16)28-27(36-23)30-26(35)29-24(32)19-15-18-13-7-8-14-20(18)34-25(19)33/h1-15H,(H2,28,29,30,32,35). The molecule has 5 rings (SSSR count). The van der Waals surface area contributed by atoms with Crippen molar-refractivity contribution in [3.63, 3.8) is 0 Å². The third-order valence-electron chi connectivity index (χ3n) is 5.25. The molecule has 5 aromatic rings. The number of carbonyl (C=O) groups is 2. The summed E-state index contributed by atoms with van der Waals surface area (Å²) in [5.41, 5.74) is 1.23. The summed E-state index contributed by atoms with van der Waals surface area (Å²) >= 11 is 6.41. The van der Waals surface area contributed by atoms with Crippen LogP contribution in [0.4, 0.5) is 5.13 Å². The Morgan fingerprint density at radius 2 is 1.56 bits per heavy atom. The van der Waals surface area contributed by atoms with Crippen molar-refractivity contribution < 1.29 is 14.0 Å². The average molecular weight is 512 g/mol. The smallest absolute Gasteiger partial charge is 0.349 e. The zero-order valence-electron chi connectivity index (χ0n) is 18.6. The van der Waals surface area contributed by atoms with Crippen LogP contribution in [0.15, 0.2) is 100 Å². The van der Waals surface area contributed by atoms with Crippen LogP contribution >= 0.6 is 23.6 Å². The zero-order chi connectivity index (χ0) is 25.1. The molecule has 0 saturated carbocycles. The molecule has 3 aromatic carbocycles. The number of fused-ring (bicyclic) bond motifs is 1.